The van der Waals surface area contributed by atoms with Crippen molar-refractivity contribution in [3.63, 3.8) is 0 Å². The van der Waals surface area contributed by atoms with Crippen LogP contribution >= 0.6 is 0 Å². The number of nitro benzene ring substituents is 1. The largest absolute Gasteiger partial charge is 0.469 e. The van der Waals surface area contributed by atoms with Crippen LogP contribution in [0.1, 0.15) is 31.4 Å². The predicted octanol–water partition coefficient (Wildman–Crippen LogP) is 2.20. The number of methoxy groups -OCH3 is 1. The summed E-state index contributed by atoms with van der Waals surface area (Å²) in [6.45, 7) is 2.66. The van der Waals surface area contributed by atoms with Crippen molar-refractivity contribution in [2.45, 2.75) is 25.8 Å². The van der Waals surface area contributed by atoms with Gasteiger partial charge in [0.2, 0.25) is 0 Å². The number of nitrogens with one attached hydrogen (secondary N) is 1. The van der Waals surface area contributed by atoms with Crippen LogP contribution in [0.5, 0.6) is 0 Å². The molecule has 19 heavy (non-hydrogen) atoms. The molecule has 1 unspecified atom stereocenters. The molecule has 1 atom stereocenters. The van der Waals surface area contributed by atoms with Crippen LogP contribution < -0.4 is 5.32 Å². The molecule has 0 saturated carbocycles. The molecule has 1 N–H and O–H groups in total. The van der Waals surface area contributed by atoms with Gasteiger partial charge in [0.1, 0.15) is 0 Å². The fourth-order valence-corrected chi connectivity index (χ4v) is 1.66. The second kappa shape index (κ2) is 7.48. The fourth-order valence-electron chi connectivity index (χ4n) is 1.66. The number of benzene rings is 1. The molecule has 0 spiro atoms. The zero-order chi connectivity index (χ0) is 14.3. The van der Waals surface area contributed by atoms with Crippen molar-refractivity contribution >= 4 is 11.7 Å². The zero-order valence-corrected chi connectivity index (χ0v) is 11.1. The minimum Gasteiger partial charge on any atom is -0.469 e. The van der Waals surface area contributed by atoms with Gasteiger partial charge in [-0.15, -0.1) is 0 Å². The van der Waals surface area contributed by atoms with Gasteiger partial charge in [-0.25, -0.2) is 0 Å². The van der Waals surface area contributed by atoms with E-state index in [1.54, 1.807) is 12.1 Å². The summed E-state index contributed by atoms with van der Waals surface area (Å²) >= 11 is 0. The summed E-state index contributed by atoms with van der Waals surface area (Å²) < 4.78 is 4.55. The zero-order valence-electron chi connectivity index (χ0n) is 11.1. The van der Waals surface area contributed by atoms with E-state index < -0.39 is 4.92 Å². The van der Waals surface area contributed by atoms with Gasteiger partial charge < -0.3 is 10.1 Å². The molecule has 6 nitrogen and oxygen atoms in total. The monoisotopic (exact) mass is 266 g/mol. The van der Waals surface area contributed by atoms with E-state index in [2.05, 4.69) is 10.1 Å². The molecule has 6 heteroatoms. The maximum atomic E-state index is 10.9. The van der Waals surface area contributed by atoms with Crippen molar-refractivity contribution in [1.82, 2.24) is 5.32 Å². The standard InChI is InChI=1S/C13H18N2O4/c1-10(14-9-3-4-13(16)19-2)11-5-7-12(8-6-11)15(17)18/h5-8,10,14H,3-4,9H2,1-2H3. The van der Waals surface area contributed by atoms with Crippen LogP contribution in [0.4, 0.5) is 5.69 Å². The SMILES string of the molecule is COC(=O)CCCNC(C)c1ccc([N+](=O)[O-])cc1. The van der Waals surface area contributed by atoms with E-state index in [4.69, 9.17) is 0 Å². The molecule has 1 aromatic rings. The Morgan fingerprint density at radius 3 is 2.58 bits per heavy atom. The third kappa shape index (κ3) is 5.05. The molecule has 0 amide bonds. The number of rotatable bonds is 7. The number of carbonyl (C=O) groups excluding carboxylic acids is 1. The van der Waals surface area contributed by atoms with E-state index in [0.717, 1.165) is 5.56 Å². The summed E-state index contributed by atoms with van der Waals surface area (Å²) in [6.07, 6.45) is 1.08. The quantitative estimate of drug-likeness (QED) is 0.354. The number of nitro groups is 1. The first-order valence-corrected chi connectivity index (χ1v) is 6.09. The molecule has 0 aromatic heterocycles. The molecular formula is C13H18N2O4. The van der Waals surface area contributed by atoms with Gasteiger partial charge in [0, 0.05) is 24.6 Å². The minimum absolute atomic E-state index is 0.0819. The number of hydrogen-bond acceptors (Lipinski definition) is 5. The number of carbonyl (C=O) groups is 1. The number of non-ortho nitro benzene ring substituents is 1. The lowest BCUT2D eigenvalue weighted by Crippen LogP contribution is -2.20. The van der Waals surface area contributed by atoms with Crippen molar-refractivity contribution in [3.8, 4) is 0 Å². The number of esters is 1. The summed E-state index contributed by atoms with van der Waals surface area (Å²) in [4.78, 5) is 21.0. The highest BCUT2D eigenvalue weighted by Crippen LogP contribution is 2.17. The highest BCUT2D eigenvalue weighted by molar-refractivity contribution is 5.69. The smallest absolute Gasteiger partial charge is 0.305 e. The Balaban J connectivity index is 2.38. The normalized spacial score (nSPS) is 11.9. The summed E-state index contributed by atoms with van der Waals surface area (Å²) in [7, 11) is 1.37. The molecular weight excluding hydrogens is 248 g/mol. The van der Waals surface area contributed by atoms with Crippen LogP contribution in [-0.2, 0) is 9.53 Å². The molecule has 0 fully saturated rings. The van der Waals surface area contributed by atoms with Crippen LogP contribution in [0.3, 0.4) is 0 Å². The van der Waals surface area contributed by atoms with Crippen molar-refractivity contribution in [2.24, 2.45) is 0 Å². The molecule has 0 aliphatic rings. The average Bonchev–Trinajstić information content (AvgIpc) is 2.43. The van der Waals surface area contributed by atoms with E-state index in [0.29, 0.717) is 19.4 Å². The minimum atomic E-state index is -0.418. The molecule has 0 bridgehead atoms. The van der Waals surface area contributed by atoms with Gasteiger partial charge in [0.15, 0.2) is 0 Å². The molecule has 0 aliphatic carbocycles. The van der Waals surface area contributed by atoms with Gasteiger partial charge in [-0.2, -0.15) is 0 Å². The van der Waals surface area contributed by atoms with Gasteiger partial charge >= 0.3 is 5.97 Å². The molecule has 0 heterocycles. The van der Waals surface area contributed by atoms with E-state index in [-0.39, 0.29) is 17.7 Å². The maximum absolute atomic E-state index is 10.9. The second-order valence-electron chi connectivity index (χ2n) is 4.20. The Morgan fingerprint density at radius 2 is 2.05 bits per heavy atom. The molecule has 0 aliphatic heterocycles. The van der Waals surface area contributed by atoms with Crippen molar-refractivity contribution < 1.29 is 14.5 Å². The maximum Gasteiger partial charge on any atom is 0.305 e. The molecule has 104 valence electrons. The van der Waals surface area contributed by atoms with Crippen LogP contribution in [0, 0.1) is 10.1 Å². The van der Waals surface area contributed by atoms with Gasteiger partial charge in [0.25, 0.3) is 5.69 Å². The van der Waals surface area contributed by atoms with Gasteiger partial charge in [-0.1, -0.05) is 12.1 Å². The number of nitrogens with zero attached hydrogens (tertiary/aromatic N) is 1. The molecule has 1 aromatic carbocycles. The summed E-state index contributed by atoms with van der Waals surface area (Å²) in [6, 6.07) is 6.52. The lowest BCUT2D eigenvalue weighted by atomic mass is 10.1. The van der Waals surface area contributed by atoms with Gasteiger partial charge in [-0.3, -0.25) is 14.9 Å². The van der Waals surface area contributed by atoms with Crippen molar-refractivity contribution in [1.29, 1.82) is 0 Å². The Morgan fingerprint density at radius 1 is 1.42 bits per heavy atom. The van der Waals surface area contributed by atoms with Crippen molar-refractivity contribution in [3.05, 3.63) is 39.9 Å². The fraction of sp³-hybridized carbons (Fsp3) is 0.462. The van der Waals surface area contributed by atoms with Crippen LogP contribution in [0.25, 0.3) is 0 Å². The van der Waals surface area contributed by atoms with Gasteiger partial charge in [0.05, 0.1) is 12.0 Å². The van der Waals surface area contributed by atoms with Crippen LogP contribution in [-0.4, -0.2) is 24.5 Å². The first-order valence-electron chi connectivity index (χ1n) is 6.09. The molecule has 0 saturated heterocycles. The lowest BCUT2D eigenvalue weighted by Gasteiger charge is -2.13. The van der Waals surface area contributed by atoms with E-state index in [9.17, 15) is 14.9 Å². The number of hydrogen-bond donors (Lipinski definition) is 1. The third-order valence-electron chi connectivity index (χ3n) is 2.84. The Hall–Kier alpha value is -1.95. The molecule has 1 rings (SSSR count). The average molecular weight is 266 g/mol. The lowest BCUT2D eigenvalue weighted by molar-refractivity contribution is -0.384. The summed E-state index contributed by atoms with van der Waals surface area (Å²) in [5.41, 5.74) is 1.06. The van der Waals surface area contributed by atoms with E-state index in [1.165, 1.54) is 19.2 Å². The Labute approximate surface area is 111 Å². The Kier molecular flexibility index (Phi) is 5.95. The summed E-state index contributed by atoms with van der Waals surface area (Å²) in [5, 5.41) is 13.8. The van der Waals surface area contributed by atoms with E-state index in [1.807, 2.05) is 6.92 Å². The second-order valence-corrected chi connectivity index (χ2v) is 4.20. The first kappa shape index (κ1) is 15.1. The first-order chi connectivity index (χ1) is 9.04. The highest BCUT2D eigenvalue weighted by Gasteiger charge is 2.08. The van der Waals surface area contributed by atoms with E-state index >= 15 is 0 Å². The topological polar surface area (TPSA) is 81.5 Å². The summed E-state index contributed by atoms with van der Waals surface area (Å²) in [5.74, 6) is -0.218. The molecule has 0 radical (unpaired) electrons. The Bertz CT molecular complexity index is 431. The van der Waals surface area contributed by atoms with Crippen molar-refractivity contribution in [2.75, 3.05) is 13.7 Å². The predicted molar refractivity (Wildman–Crippen MR) is 70.8 cm³/mol. The third-order valence-corrected chi connectivity index (χ3v) is 2.84. The van der Waals surface area contributed by atoms with Crippen LogP contribution in [0.2, 0.25) is 0 Å². The van der Waals surface area contributed by atoms with Gasteiger partial charge in [-0.05, 0) is 25.5 Å². The van der Waals surface area contributed by atoms with Crippen LogP contribution in [0.15, 0.2) is 24.3 Å². The number of ether oxygens (including phenoxy) is 1. The highest BCUT2D eigenvalue weighted by atomic mass is 16.6.